The number of ether oxygens (including phenoxy) is 1. The van der Waals surface area contributed by atoms with Crippen LogP contribution in [0, 0.1) is 13.8 Å². The van der Waals surface area contributed by atoms with Gasteiger partial charge in [0, 0.05) is 0 Å². The van der Waals surface area contributed by atoms with Gasteiger partial charge in [-0.2, -0.15) is 0 Å². The molecule has 2 aromatic rings. The van der Waals surface area contributed by atoms with Gasteiger partial charge in [-0.05, 0) is 55.2 Å². The third kappa shape index (κ3) is 3.41. The highest BCUT2D eigenvalue weighted by molar-refractivity contribution is 5.71. The lowest BCUT2D eigenvalue weighted by atomic mass is 10.1. The van der Waals surface area contributed by atoms with Crippen LogP contribution in [-0.2, 0) is 0 Å². The zero-order valence-electron chi connectivity index (χ0n) is 12.2. The summed E-state index contributed by atoms with van der Waals surface area (Å²) in [6.07, 6.45) is 4.01. The summed E-state index contributed by atoms with van der Waals surface area (Å²) in [7, 11) is 0. The van der Waals surface area contributed by atoms with Crippen molar-refractivity contribution in [2.75, 3.05) is 6.61 Å². The molecule has 2 aromatic carbocycles. The lowest BCUT2D eigenvalue weighted by Crippen LogP contribution is -1.94. The molecule has 1 N–H and O–H groups in total. The van der Waals surface area contributed by atoms with Gasteiger partial charge in [0.2, 0.25) is 0 Å². The van der Waals surface area contributed by atoms with Gasteiger partial charge in [-0.15, -0.1) is 0 Å². The van der Waals surface area contributed by atoms with Crippen molar-refractivity contribution in [2.45, 2.75) is 20.8 Å². The van der Waals surface area contributed by atoms with E-state index >= 15 is 0 Å². The van der Waals surface area contributed by atoms with E-state index < -0.39 is 0 Å². The smallest absolute Gasteiger partial charge is 0.122 e. The third-order valence-corrected chi connectivity index (χ3v) is 3.21. The van der Waals surface area contributed by atoms with Gasteiger partial charge in [-0.1, -0.05) is 36.4 Å². The molecule has 0 bridgehead atoms. The molecule has 2 rings (SSSR count). The topological polar surface area (TPSA) is 29.5 Å². The van der Waals surface area contributed by atoms with E-state index in [0.717, 1.165) is 28.0 Å². The molecule has 0 saturated carbocycles. The van der Waals surface area contributed by atoms with E-state index in [0.29, 0.717) is 12.4 Å². The van der Waals surface area contributed by atoms with Crippen LogP contribution < -0.4 is 4.74 Å². The van der Waals surface area contributed by atoms with Gasteiger partial charge in [-0.3, -0.25) is 0 Å². The molecular formula is C18H20O2. The number of aromatic hydroxyl groups is 1. The first-order valence-corrected chi connectivity index (χ1v) is 6.81. The van der Waals surface area contributed by atoms with Crippen LogP contribution in [0.2, 0.25) is 0 Å². The molecule has 0 heterocycles. The second-order valence-electron chi connectivity index (χ2n) is 4.84. The first-order chi connectivity index (χ1) is 9.60. The Morgan fingerprint density at radius 2 is 1.55 bits per heavy atom. The quantitative estimate of drug-likeness (QED) is 0.822. The predicted molar refractivity (Wildman–Crippen MR) is 84.1 cm³/mol. The predicted octanol–water partition coefficient (Wildman–Crippen LogP) is 4.58. The van der Waals surface area contributed by atoms with Gasteiger partial charge in [-0.25, -0.2) is 0 Å². The lowest BCUT2D eigenvalue weighted by molar-refractivity contribution is 0.338. The van der Waals surface area contributed by atoms with E-state index in [1.807, 2.05) is 51.1 Å². The van der Waals surface area contributed by atoms with E-state index in [1.165, 1.54) is 0 Å². The molecule has 2 nitrogen and oxygen atoms in total. The van der Waals surface area contributed by atoms with E-state index in [9.17, 15) is 5.11 Å². The monoisotopic (exact) mass is 268 g/mol. The summed E-state index contributed by atoms with van der Waals surface area (Å²) in [6.45, 7) is 6.57. The maximum absolute atomic E-state index is 9.69. The maximum atomic E-state index is 9.69. The minimum absolute atomic E-state index is 0.325. The van der Waals surface area contributed by atoms with E-state index in [4.69, 9.17) is 4.74 Å². The summed E-state index contributed by atoms with van der Waals surface area (Å²) in [5.41, 5.74) is 4.08. The van der Waals surface area contributed by atoms with Crippen LogP contribution in [0.15, 0.2) is 36.4 Å². The number of benzene rings is 2. The van der Waals surface area contributed by atoms with E-state index in [2.05, 4.69) is 12.1 Å². The van der Waals surface area contributed by atoms with Crippen molar-refractivity contribution in [2.24, 2.45) is 0 Å². The number of aryl methyl sites for hydroxylation is 2. The molecule has 0 unspecified atom stereocenters. The van der Waals surface area contributed by atoms with Crippen LogP contribution >= 0.6 is 0 Å². The molecule has 2 heteroatoms. The van der Waals surface area contributed by atoms with Gasteiger partial charge in [0.1, 0.15) is 11.5 Å². The van der Waals surface area contributed by atoms with Crippen LogP contribution in [0.3, 0.4) is 0 Å². The van der Waals surface area contributed by atoms with E-state index in [1.54, 1.807) is 6.07 Å². The highest BCUT2D eigenvalue weighted by Crippen LogP contribution is 2.22. The molecule has 0 radical (unpaired) electrons. The van der Waals surface area contributed by atoms with Gasteiger partial charge in [0.25, 0.3) is 0 Å². The Kier molecular flexibility index (Phi) is 4.46. The molecule has 0 aliphatic heterocycles. The Hall–Kier alpha value is -2.22. The summed E-state index contributed by atoms with van der Waals surface area (Å²) < 4.78 is 5.59. The fourth-order valence-corrected chi connectivity index (χ4v) is 1.95. The third-order valence-electron chi connectivity index (χ3n) is 3.21. The molecule has 0 aliphatic rings. The molecule has 20 heavy (non-hydrogen) atoms. The fraction of sp³-hybridized carbons (Fsp3) is 0.222. The van der Waals surface area contributed by atoms with Crippen LogP contribution in [-0.4, -0.2) is 11.7 Å². The first-order valence-electron chi connectivity index (χ1n) is 6.81. The summed E-state index contributed by atoms with van der Waals surface area (Å²) in [5.74, 6) is 1.24. The van der Waals surface area contributed by atoms with Crippen LogP contribution in [0.1, 0.15) is 29.2 Å². The van der Waals surface area contributed by atoms with Crippen molar-refractivity contribution in [3.05, 3.63) is 58.7 Å². The summed E-state index contributed by atoms with van der Waals surface area (Å²) in [6, 6.07) is 11.8. The minimum Gasteiger partial charge on any atom is -0.508 e. The second-order valence-corrected chi connectivity index (χ2v) is 4.84. The maximum Gasteiger partial charge on any atom is 0.122 e. The summed E-state index contributed by atoms with van der Waals surface area (Å²) >= 11 is 0. The standard InChI is InChI=1S/C18H20O2/c1-4-20-18-12-16(8-6-14(18)3)10-9-15-7-5-13(2)17(19)11-15/h5-12,19H,4H2,1-3H3/b10-9+. The van der Waals surface area contributed by atoms with Crippen molar-refractivity contribution in [3.63, 3.8) is 0 Å². The van der Waals surface area contributed by atoms with Crippen molar-refractivity contribution in [3.8, 4) is 11.5 Å². The van der Waals surface area contributed by atoms with Crippen LogP contribution in [0.25, 0.3) is 12.2 Å². The van der Waals surface area contributed by atoms with Crippen LogP contribution in [0.4, 0.5) is 0 Å². The average molecular weight is 268 g/mol. The Morgan fingerprint density at radius 3 is 2.15 bits per heavy atom. The van der Waals surface area contributed by atoms with E-state index in [-0.39, 0.29) is 0 Å². The molecule has 0 saturated heterocycles. The summed E-state index contributed by atoms with van der Waals surface area (Å²) in [5, 5.41) is 9.69. The number of phenols is 1. The molecule has 0 aliphatic carbocycles. The fourth-order valence-electron chi connectivity index (χ4n) is 1.95. The van der Waals surface area contributed by atoms with Gasteiger partial charge in [0.05, 0.1) is 6.61 Å². The van der Waals surface area contributed by atoms with Crippen molar-refractivity contribution < 1.29 is 9.84 Å². The first kappa shape index (κ1) is 14.2. The summed E-state index contributed by atoms with van der Waals surface area (Å²) in [4.78, 5) is 0. The molecule has 0 aromatic heterocycles. The Balaban J connectivity index is 2.22. The van der Waals surface area contributed by atoms with Gasteiger partial charge < -0.3 is 9.84 Å². The largest absolute Gasteiger partial charge is 0.508 e. The average Bonchev–Trinajstić information content (AvgIpc) is 2.43. The number of hydrogen-bond acceptors (Lipinski definition) is 2. The van der Waals surface area contributed by atoms with Crippen LogP contribution in [0.5, 0.6) is 11.5 Å². The number of rotatable bonds is 4. The normalized spacial score (nSPS) is 10.9. The Labute approximate surface area is 120 Å². The highest BCUT2D eigenvalue weighted by atomic mass is 16.5. The second kappa shape index (κ2) is 6.29. The van der Waals surface area contributed by atoms with Crippen molar-refractivity contribution in [1.82, 2.24) is 0 Å². The SMILES string of the molecule is CCOc1cc(/C=C/c2ccc(C)c(O)c2)ccc1C. The van der Waals surface area contributed by atoms with Crippen molar-refractivity contribution >= 4 is 12.2 Å². The minimum atomic E-state index is 0.325. The Bertz CT molecular complexity index is 627. The molecule has 0 spiro atoms. The molecule has 104 valence electrons. The molecular weight excluding hydrogens is 248 g/mol. The molecule has 0 atom stereocenters. The zero-order chi connectivity index (χ0) is 14.5. The molecule has 0 fully saturated rings. The molecule has 0 amide bonds. The van der Waals surface area contributed by atoms with Gasteiger partial charge in [0.15, 0.2) is 0 Å². The number of hydrogen-bond donors (Lipinski definition) is 1. The number of phenolic OH excluding ortho intramolecular Hbond substituents is 1. The van der Waals surface area contributed by atoms with Gasteiger partial charge >= 0.3 is 0 Å². The Morgan fingerprint density at radius 1 is 0.950 bits per heavy atom. The highest BCUT2D eigenvalue weighted by Gasteiger charge is 1.99. The van der Waals surface area contributed by atoms with Crippen molar-refractivity contribution in [1.29, 1.82) is 0 Å². The lowest BCUT2D eigenvalue weighted by Gasteiger charge is -2.07. The zero-order valence-corrected chi connectivity index (χ0v) is 12.2.